The molecule has 2 aliphatic rings. The highest BCUT2D eigenvalue weighted by molar-refractivity contribution is 6.06. The zero-order valence-corrected chi connectivity index (χ0v) is 12.8. The minimum atomic E-state index is -1.60. The molecule has 0 aromatic carbocycles. The molecule has 2 aromatic rings. The Labute approximate surface area is 136 Å². The predicted molar refractivity (Wildman–Crippen MR) is 85.0 cm³/mol. The van der Waals surface area contributed by atoms with E-state index in [1.54, 1.807) is 22.9 Å². The fourth-order valence-electron chi connectivity index (χ4n) is 3.24. The number of aliphatic hydroxyl groups is 3. The van der Waals surface area contributed by atoms with E-state index in [9.17, 15) is 15.3 Å². The van der Waals surface area contributed by atoms with Gasteiger partial charge >= 0.3 is 0 Å². The van der Waals surface area contributed by atoms with Crippen LogP contribution in [0.2, 0.25) is 0 Å². The van der Waals surface area contributed by atoms with Gasteiger partial charge in [-0.1, -0.05) is 0 Å². The van der Waals surface area contributed by atoms with Crippen molar-refractivity contribution in [3.63, 3.8) is 0 Å². The molecule has 0 bridgehead atoms. The summed E-state index contributed by atoms with van der Waals surface area (Å²) >= 11 is 0. The third-order valence-electron chi connectivity index (χ3n) is 4.50. The van der Waals surface area contributed by atoms with Crippen LogP contribution in [0.25, 0.3) is 10.8 Å². The fraction of sp³-hybridized carbons (Fsp3) is 0.400. The van der Waals surface area contributed by atoms with Gasteiger partial charge in [0.25, 0.3) is 0 Å². The van der Waals surface area contributed by atoms with Gasteiger partial charge in [0.2, 0.25) is 0 Å². The SMILES string of the molecule is C[C@@]1(O)[C@H](O)[C@@H](CO)O[C@H]1n1cc2ccc(=N)nc3c2c1N=CN3. The molecular formula is C15H17N5O4. The Morgan fingerprint density at radius 2 is 2.25 bits per heavy atom. The van der Waals surface area contributed by atoms with Crippen LogP contribution in [-0.2, 0) is 4.74 Å². The second kappa shape index (κ2) is 5.08. The van der Waals surface area contributed by atoms with Gasteiger partial charge in [0, 0.05) is 11.6 Å². The van der Waals surface area contributed by atoms with Crippen LogP contribution in [0.5, 0.6) is 0 Å². The lowest BCUT2D eigenvalue weighted by Crippen LogP contribution is -2.44. The standard InChI is InChI=1S/C15H17N5O4/c1-15(23)11(22)8(5-21)24-14(15)20-4-7-2-3-9(16)19-12-10(7)13(20)18-6-17-12/h2-4,6,8,11,14,21-23H,5H2,1H3,(H2,16,17,18,19)/t8-,11-,14-,15-/m1/s1. The summed E-state index contributed by atoms with van der Waals surface area (Å²) in [6, 6.07) is 3.30. The summed E-state index contributed by atoms with van der Waals surface area (Å²) in [4.78, 5) is 8.48. The molecule has 5 N–H and O–H groups in total. The van der Waals surface area contributed by atoms with E-state index in [1.807, 2.05) is 0 Å². The first kappa shape index (κ1) is 15.2. The van der Waals surface area contributed by atoms with Crippen molar-refractivity contribution in [3.05, 3.63) is 23.8 Å². The molecule has 4 rings (SSSR count). The minimum absolute atomic E-state index is 0.112. The molecule has 1 saturated heterocycles. The van der Waals surface area contributed by atoms with Gasteiger partial charge in [-0.05, 0) is 19.1 Å². The number of aromatic nitrogens is 2. The first-order valence-corrected chi connectivity index (χ1v) is 7.50. The number of aliphatic imine (C=N–C) groups is 1. The Morgan fingerprint density at radius 3 is 2.96 bits per heavy atom. The lowest BCUT2D eigenvalue weighted by Gasteiger charge is -2.28. The first-order valence-electron chi connectivity index (χ1n) is 7.50. The van der Waals surface area contributed by atoms with Crippen molar-refractivity contribution < 1.29 is 20.1 Å². The number of aliphatic hydroxyl groups excluding tert-OH is 2. The zero-order valence-electron chi connectivity index (χ0n) is 12.8. The largest absolute Gasteiger partial charge is 0.394 e. The molecule has 9 heteroatoms. The quantitative estimate of drug-likeness (QED) is 0.508. The molecule has 9 nitrogen and oxygen atoms in total. The summed E-state index contributed by atoms with van der Waals surface area (Å²) in [5.41, 5.74) is -1.49. The van der Waals surface area contributed by atoms with Crippen molar-refractivity contribution in [2.24, 2.45) is 4.99 Å². The number of hydrogen-bond acceptors (Lipinski definition) is 8. The summed E-state index contributed by atoms with van der Waals surface area (Å²) in [5, 5.41) is 42.3. The molecule has 0 radical (unpaired) electrons. The highest BCUT2D eigenvalue weighted by atomic mass is 16.6. The van der Waals surface area contributed by atoms with Crippen molar-refractivity contribution in [1.82, 2.24) is 9.55 Å². The number of rotatable bonds is 2. The van der Waals surface area contributed by atoms with E-state index in [2.05, 4.69) is 15.3 Å². The number of anilines is 1. The van der Waals surface area contributed by atoms with Crippen LogP contribution in [0.4, 0.5) is 11.6 Å². The molecule has 4 atom stereocenters. The van der Waals surface area contributed by atoms with Crippen LogP contribution in [0.15, 0.2) is 23.3 Å². The number of ether oxygens (including phenoxy) is 1. The lowest BCUT2D eigenvalue weighted by atomic mass is 9.96. The molecule has 126 valence electrons. The van der Waals surface area contributed by atoms with E-state index in [4.69, 9.17) is 10.1 Å². The van der Waals surface area contributed by atoms with Crippen LogP contribution >= 0.6 is 0 Å². The molecule has 4 heterocycles. The zero-order chi connectivity index (χ0) is 17.1. The average molecular weight is 331 g/mol. The van der Waals surface area contributed by atoms with Gasteiger partial charge in [-0.3, -0.25) is 5.41 Å². The van der Waals surface area contributed by atoms with Crippen LogP contribution < -0.4 is 10.8 Å². The van der Waals surface area contributed by atoms with E-state index in [-0.39, 0.29) is 5.49 Å². The van der Waals surface area contributed by atoms with Crippen molar-refractivity contribution in [2.45, 2.75) is 31.0 Å². The fourth-order valence-corrected chi connectivity index (χ4v) is 3.24. The third-order valence-corrected chi connectivity index (χ3v) is 4.50. The molecule has 2 aromatic heterocycles. The molecule has 0 spiro atoms. The normalized spacial score (nSPS) is 31.4. The Morgan fingerprint density at radius 1 is 1.46 bits per heavy atom. The summed E-state index contributed by atoms with van der Waals surface area (Å²) in [7, 11) is 0. The Bertz CT molecular complexity index is 907. The van der Waals surface area contributed by atoms with Crippen molar-refractivity contribution in [3.8, 4) is 0 Å². The monoisotopic (exact) mass is 331 g/mol. The predicted octanol–water partition coefficient (Wildman–Crippen LogP) is -0.397. The first-order chi connectivity index (χ1) is 11.4. The van der Waals surface area contributed by atoms with Crippen LogP contribution in [0, 0.1) is 5.41 Å². The van der Waals surface area contributed by atoms with Crippen molar-refractivity contribution >= 4 is 28.7 Å². The summed E-state index contributed by atoms with van der Waals surface area (Å²) < 4.78 is 7.29. The number of nitrogens with one attached hydrogen (secondary N) is 2. The van der Waals surface area contributed by atoms with E-state index in [1.165, 1.54) is 13.3 Å². The van der Waals surface area contributed by atoms with Gasteiger partial charge in [0.15, 0.2) is 6.23 Å². The van der Waals surface area contributed by atoms with Gasteiger partial charge in [-0.15, -0.1) is 0 Å². The topological polar surface area (TPSA) is 136 Å². The molecule has 0 aliphatic carbocycles. The van der Waals surface area contributed by atoms with E-state index >= 15 is 0 Å². The van der Waals surface area contributed by atoms with Gasteiger partial charge in [-0.25, -0.2) is 9.98 Å². The van der Waals surface area contributed by atoms with Gasteiger partial charge in [0.05, 0.1) is 18.3 Å². The maximum absolute atomic E-state index is 10.7. The van der Waals surface area contributed by atoms with Crippen LogP contribution in [0.3, 0.4) is 0 Å². The maximum atomic E-state index is 10.7. The summed E-state index contributed by atoms with van der Waals surface area (Å²) in [6.07, 6.45) is 0.136. The number of nitrogens with zero attached hydrogens (tertiary/aromatic N) is 3. The third kappa shape index (κ3) is 1.99. The highest BCUT2D eigenvalue weighted by Gasteiger charge is 2.53. The molecule has 0 amide bonds. The summed E-state index contributed by atoms with van der Waals surface area (Å²) in [5.74, 6) is 0.985. The Balaban J connectivity index is 1.94. The second-order valence-corrected chi connectivity index (χ2v) is 6.15. The van der Waals surface area contributed by atoms with E-state index in [0.29, 0.717) is 17.0 Å². The number of hydrogen-bond donors (Lipinski definition) is 5. The smallest absolute Gasteiger partial charge is 0.167 e. The minimum Gasteiger partial charge on any atom is -0.394 e. The van der Waals surface area contributed by atoms with Crippen LogP contribution in [-0.4, -0.2) is 55.6 Å². The Kier molecular flexibility index (Phi) is 3.22. The molecular weight excluding hydrogens is 314 g/mol. The molecule has 0 saturated carbocycles. The van der Waals surface area contributed by atoms with Crippen molar-refractivity contribution in [1.29, 1.82) is 5.41 Å². The van der Waals surface area contributed by atoms with E-state index < -0.39 is 30.6 Å². The summed E-state index contributed by atoms with van der Waals surface area (Å²) in [6.45, 7) is 1.06. The van der Waals surface area contributed by atoms with Crippen molar-refractivity contribution in [2.75, 3.05) is 11.9 Å². The second-order valence-electron chi connectivity index (χ2n) is 6.15. The van der Waals surface area contributed by atoms with Gasteiger partial charge in [-0.2, -0.15) is 0 Å². The lowest BCUT2D eigenvalue weighted by molar-refractivity contribution is -0.0955. The molecule has 24 heavy (non-hydrogen) atoms. The average Bonchev–Trinajstić information content (AvgIpc) is 2.95. The molecule has 0 unspecified atom stereocenters. The highest BCUT2D eigenvalue weighted by Crippen LogP contribution is 2.44. The van der Waals surface area contributed by atoms with Gasteiger partial charge < -0.3 is 29.9 Å². The molecule has 1 fully saturated rings. The van der Waals surface area contributed by atoms with E-state index in [0.717, 1.165) is 5.39 Å². The van der Waals surface area contributed by atoms with Gasteiger partial charge in [0.1, 0.15) is 34.9 Å². The molecule has 2 aliphatic heterocycles. The Hall–Kier alpha value is -2.33. The van der Waals surface area contributed by atoms with Crippen LogP contribution in [0.1, 0.15) is 13.2 Å². The maximum Gasteiger partial charge on any atom is 0.167 e.